The lowest BCUT2D eigenvalue weighted by Crippen LogP contribution is -2.48. The number of nitrogens with zero attached hydrogens (tertiary/aromatic N) is 1. The van der Waals surface area contributed by atoms with Crippen LogP contribution in [0.2, 0.25) is 0 Å². The molecule has 1 aliphatic heterocycles. The van der Waals surface area contributed by atoms with Gasteiger partial charge in [-0.15, -0.1) is 13.2 Å². The second-order valence-corrected chi connectivity index (χ2v) is 6.97. The second kappa shape index (κ2) is 8.41. The lowest BCUT2D eigenvalue weighted by Gasteiger charge is -2.33. The summed E-state index contributed by atoms with van der Waals surface area (Å²) in [5.41, 5.74) is 0.785. The smallest absolute Gasteiger partial charge is 0.234 e. The highest BCUT2D eigenvalue weighted by Crippen LogP contribution is 2.42. The van der Waals surface area contributed by atoms with Crippen LogP contribution in [-0.4, -0.2) is 43.7 Å². The van der Waals surface area contributed by atoms with E-state index < -0.39 is 0 Å². The number of ether oxygens (including phenoxy) is 2. The first kappa shape index (κ1) is 18.5. The van der Waals surface area contributed by atoms with Crippen molar-refractivity contribution in [3.05, 3.63) is 49.1 Å². The predicted octanol–water partition coefficient (Wildman–Crippen LogP) is 3.02. The Morgan fingerprint density at radius 1 is 1.12 bits per heavy atom. The van der Waals surface area contributed by atoms with Gasteiger partial charge in [0.2, 0.25) is 5.91 Å². The SMILES string of the molecule is C=CCN(CC=C)CC(=O)NC1(c2ccc3c(c2)OCCO3)CCCC1. The van der Waals surface area contributed by atoms with Gasteiger partial charge >= 0.3 is 0 Å². The number of nitrogens with one attached hydrogen (secondary N) is 1. The van der Waals surface area contributed by atoms with Crippen molar-refractivity contribution >= 4 is 5.91 Å². The molecule has 1 aromatic rings. The Morgan fingerprint density at radius 3 is 2.42 bits per heavy atom. The largest absolute Gasteiger partial charge is 0.486 e. The Kier molecular flexibility index (Phi) is 5.99. The van der Waals surface area contributed by atoms with Crippen molar-refractivity contribution in [2.45, 2.75) is 31.2 Å². The molecule has 1 heterocycles. The minimum atomic E-state index is -0.319. The van der Waals surface area contributed by atoms with Gasteiger partial charge in [-0.1, -0.05) is 31.1 Å². The van der Waals surface area contributed by atoms with E-state index in [4.69, 9.17) is 9.47 Å². The molecule has 2 aliphatic rings. The fraction of sp³-hybridized carbons (Fsp3) is 0.476. The number of carbonyl (C=O) groups excluding carboxylic acids is 1. The molecule has 0 spiro atoms. The average molecular weight is 356 g/mol. The molecule has 1 N–H and O–H groups in total. The molecule has 0 aromatic heterocycles. The minimum absolute atomic E-state index is 0.0329. The molecule has 3 rings (SSSR count). The summed E-state index contributed by atoms with van der Waals surface area (Å²) in [4.78, 5) is 14.8. The van der Waals surface area contributed by atoms with Gasteiger partial charge < -0.3 is 14.8 Å². The number of amides is 1. The van der Waals surface area contributed by atoms with Crippen molar-refractivity contribution in [3.8, 4) is 11.5 Å². The van der Waals surface area contributed by atoms with E-state index in [0.717, 1.165) is 42.7 Å². The molecule has 1 saturated carbocycles. The van der Waals surface area contributed by atoms with Gasteiger partial charge in [-0.25, -0.2) is 0 Å². The first-order valence-electron chi connectivity index (χ1n) is 9.32. The molecule has 0 saturated heterocycles. The van der Waals surface area contributed by atoms with Crippen LogP contribution in [0.3, 0.4) is 0 Å². The molecule has 0 atom stereocenters. The highest BCUT2D eigenvalue weighted by molar-refractivity contribution is 5.79. The van der Waals surface area contributed by atoms with Crippen LogP contribution in [0.4, 0.5) is 0 Å². The van der Waals surface area contributed by atoms with Gasteiger partial charge in [-0.3, -0.25) is 9.69 Å². The predicted molar refractivity (Wildman–Crippen MR) is 103 cm³/mol. The van der Waals surface area contributed by atoms with Crippen LogP contribution < -0.4 is 14.8 Å². The average Bonchev–Trinajstić information content (AvgIpc) is 3.11. The van der Waals surface area contributed by atoms with E-state index in [1.54, 1.807) is 0 Å². The lowest BCUT2D eigenvalue weighted by atomic mass is 9.87. The molecule has 5 heteroatoms. The molecule has 1 aliphatic carbocycles. The summed E-state index contributed by atoms with van der Waals surface area (Å²) in [6, 6.07) is 6.05. The van der Waals surface area contributed by atoms with Crippen LogP contribution in [0.15, 0.2) is 43.5 Å². The number of hydrogen-bond donors (Lipinski definition) is 1. The van der Waals surface area contributed by atoms with Crippen molar-refractivity contribution in [1.29, 1.82) is 0 Å². The van der Waals surface area contributed by atoms with Crippen LogP contribution in [-0.2, 0) is 10.3 Å². The number of rotatable bonds is 8. The molecule has 1 amide bonds. The highest BCUT2D eigenvalue weighted by atomic mass is 16.6. The third-order valence-electron chi connectivity index (χ3n) is 5.07. The number of hydrogen-bond acceptors (Lipinski definition) is 4. The molecule has 140 valence electrons. The maximum Gasteiger partial charge on any atom is 0.234 e. The van der Waals surface area contributed by atoms with E-state index in [0.29, 0.717) is 32.8 Å². The van der Waals surface area contributed by atoms with Crippen LogP contribution >= 0.6 is 0 Å². The Morgan fingerprint density at radius 2 is 1.77 bits per heavy atom. The van der Waals surface area contributed by atoms with Gasteiger partial charge in [0.25, 0.3) is 0 Å². The van der Waals surface area contributed by atoms with Crippen LogP contribution in [0.25, 0.3) is 0 Å². The molecule has 0 unspecified atom stereocenters. The molecular formula is C21H28N2O3. The van der Waals surface area contributed by atoms with Crippen LogP contribution in [0.5, 0.6) is 11.5 Å². The molecule has 1 fully saturated rings. The van der Waals surface area contributed by atoms with Crippen molar-refractivity contribution in [2.75, 3.05) is 32.8 Å². The lowest BCUT2D eigenvalue weighted by molar-refractivity contribution is -0.124. The second-order valence-electron chi connectivity index (χ2n) is 6.97. The fourth-order valence-electron chi connectivity index (χ4n) is 3.88. The maximum absolute atomic E-state index is 12.7. The standard InChI is InChI=1S/C21H28N2O3/c1-3-11-23(12-4-2)16-20(24)22-21(9-5-6-10-21)17-7-8-18-19(15-17)26-14-13-25-18/h3-4,7-8,15H,1-2,5-6,9-14,16H2,(H,22,24). The monoisotopic (exact) mass is 356 g/mol. The number of carbonyl (C=O) groups is 1. The Hall–Kier alpha value is -2.27. The van der Waals surface area contributed by atoms with Crippen molar-refractivity contribution < 1.29 is 14.3 Å². The third-order valence-corrected chi connectivity index (χ3v) is 5.07. The summed E-state index contributed by atoms with van der Waals surface area (Å²) in [6.07, 6.45) is 7.73. The van der Waals surface area contributed by atoms with Crippen LogP contribution in [0, 0.1) is 0 Å². The third kappa shape index (κ3) is 4.10. The van der Waals surface area contributed by atoms with Gasteiger partial charge in [0.05, 0.1) is 12.1 Å². The molecule has 0 radical (unpaired) electrons. The minimum Gasteiger partial charge on any atom is -0.486 e. The first-order chi connectivity index (χ1) is 12.7. The van der Waals surface area contributed by atoms with Crippen molar-refractivity contribution in [3.63, 3.8) is 0 Å². The Balaban J connectivity index is 1.76. The zero-order valence-electron chi connectivity index (χ0n) is 15.3. The summed E-state index contributed by atoms with van der Waals surface area (Å²) < 4.78 is 11.4. The molecule has 0 bridgehead atoms. The Labute approximate surface area is 155 Å². The van der Waals surface area contributed by atoms with E-state index in [2.05, 4.69) is 24.5 Å². The maximum atomic E-state index is 12.7. The highest BCUT2D eigenvalue weighted by Gasteiger charge is 2.38. The Bertz CT molecular complexity index is 655. The summed E-state index contributed by atoms with van der Waals surface area (Å²) in [7, 11) is 0. The van der Waals surface area contributed by atoms with Gasteiger partial charge in [0.15, 0.2) is 11.5 Å². The summed E-state index contributed by atoms with van der Waals surface area (Å²) in [5, 5.41) is 3.32. The zero-order chi connectivity index (χ0) is 18.4. The fourth-order valence-corrected chi connectivity index (χ4v) is 3.88. The summed E-state index contributed by atoms with van der Waals surface area (Å²) >= 11 is 0. The van der Waals surface area contributed by atoms with E-state index >= 15 is 0 Å². The molecule has 1 aromatic carbocycles. The quantitative estimate of drug-likeness (QED) is 0.728. The summed E-state index contributed by atoms with van der Waals surface area (Å²) in [5.74, 6) is 1.59. The first-order valence-corrected chi connectivity index (χ1v) is 9.32. The zero-order valence-corrected chi connectivity index (χ0v) is 15.3. The van der Waals surface area contributed by atoms with Crippen LogP contribution in [0.1, 0.15) is 31.2 Å². The van der Waals surface area contributed by atoms with Gasteiger partial charge in [-0.2, -0.15) is 0 Å². The topological polar surface area (TPSA) is 50.8 Å². The summed E-state index contributed by atoms with van der Waals surface area (Å²) in [6.45, 7) is 10.3. The van der Waals surface area contributed by atoms with Crippen molar-refractivity contribution in [1.82, 2.24) is 10.2 Å². The van der Waals surface area contributed by atoms with E-state index in [-0.39, 0.29) is 11.4 Å². The van der Waals surface area contributed by atoms with E-state index in [9.17, 15) is 4.79 Å². The van der Waals surface area contributed by atoms with Gasteiger partial charge in [0.1, 0.15) is 13.2 Å². The van der Waals surface area contributed by atoms with Gasteiger partial charge in [-0.05, 0) is 30.5 Å². The van der Waals surface area contributed by atoms with E-state index in [1.807, 2.05) is 29.2 Å². The molecule has 26 heavy (non-hydrogen) atoms. The normalized spacial score (nSPS) is 17.7. The van der Waals surface area contributed by atoms with Crippen molar-refractivity contribution in [2.24, 2.45) is 0 Å². The number of benzene rings is 1. The molecular weight excluding hydrogens is 328 g/mol. The number of fused-ring (bicyclic) bond motifs is 1. The van der Waals surface area contributed by atoms with Gasteiger partial charge in [0, 0.05) is 13.1 Å². The molecule has 5 nitrogen and oxygen atoms in total. The van der Waals surface area contributed by atoms with E-state index in [1.165, 1.54) is 0 Å².